The molecule has 0 saturated heterocycles. The molecule has 0 aliphatic carbocycles. The second-order valence-corrected chi connectivity index (χ2v) is 10.6. The first-order valence-corrected chi connectivity index (χ1v) is 14.0. The van der Waals surface area contributed by atoms with E-state index in [1.54, 1.807) is 54.6 Å². The third kappa shape index (κ3) is 6.98. The summed E-state index contributed by atoms with van der Waals surface area (Å²) in [5.74, 6) is -0.932. The van der Waals surface area contributed by atoms with Gasteiger partial charge in [0.1, 0.15) is 5.75 Å². The van der Waals surface area contributed by atoms with E-state index in [-0.39, 0.29) is 16.2 Å². The fourth-order valence-corrected chi connectivity index (χ4v) is 4.48. The van der Waals surface area contributed by atoms with Gasteiger partial charge in [0.2, 0.25) is 0 Å². The highest BCUT2D eigenvalue weighted by Crippen LogP contribution is 2.37. The predicted octanol–water partition coefficient (Wildman–Crippen LogP) is 9.04. The number of phenols is 1. The quantitative estimate of drug-likeness (QED) is 0.119. The molecule has 0 atom stereocenters. The Morgan fingerprint density at radius 3 is 1.70 bits per heavy atom. The Bertz CT molecular complexity index is 2040. The van der Waals surface area contributed by atoms with Crippen molar-refractivity contribution in [2.24, 2.45) is 30.7 Å². The van der Waals surface area contributed by atoms with E-state index in [1.807, 2.05) is 6.92 Å². The van der Waals surface area contributed by atoms with Crippen molar-refractivity contribution in [2.45, 2.75) is 11.8 Å². The summed E-state index contributed by atoms with van der Waals surface area (Å²) in [7, 11) is -4.49. The molecule has 0 aromatic heterocycles. The van der Waals surface area contributed by atoms with E-state index < -0.39 is 16.1 Å². The highest BCUT2D eigenvalue weighted by Gasteiger charge is 2.14. The summed E-state index contributed by atoms with van der Waals surface area (Å²) in [6, 6.07) is 24.6. The number of aryl methyl sites for hydroxylation is 1. The molecule has 5 rings (SSSR count). The number of carbonyl (C=O) groups is 1. The van der Waals surface area contributed by atoms with Crippen molar-refractivity contribution in [3.05, 3.63) is 108 Å². The number of carboxylic acid groups (broad SMARTS) is 1. The third-order valence-electron chi connectivity index (χ3n) is 6.20. The number of aromatic carboxylic acids is 1. The molecule has 0 heterocycles. The van der Waals surface area contributed by atoms with E-state index in [2.05, 4.69) is 30.7 Å². The molecular weight excluding hydrogens is 572 g/mol. The maximum Gasteiger partial charge on any atom is 0.335 e. The van der Waals surface area contributed by atoms with E-state index in [1.165, 1.54) is 42.5 Å². The number of fused-ring (bicyclic) bond motifs is 1. The Balaban J connectivity index is 1.44. The molecular formula is C30H22N6O6S. The zero-order valence-electron chi connectivity index (χ0n) is 22.4. The maximum atomic E-state index is 11.8. The lowest BCUT2D eigenvalue weighted by atomic mass is 10.1. The SMILES string of the molecule is Cc1cc(N=Nc2ccc(N=Nc3ccc(O)cc3)c3ccc(S(=O)(=O)O)cc23)ccc1N=Nc1ccc(C(=O)O)cc1. The number of hydrogen-bond acceptors (Lipinski definition) is 10. The predicted molar refractivity (Wildman–Crippen MR) is 159 cm³/mol. The molecule has 0 unspecified atom stereocenters. The standard InChI is InChI=1S/C30H22N6O6S/c1-18-16-22(8-13-27(18)34-31-20-4-2-19(3-5-20)30(38)39)33-36-29-15-14-28(35-32-21-6-9-23(37)10-7-21)25-12-11-24(17-26(25)29)43(40,41)42/h2-17,37H,1H3,(H,38,39)(H,40,41,42). The molecule has 0 fully saturated rings. The topological polar surface area (TPSA) is 186 Å². The third-order valence-corrected chi connectivity index (χ3v) is 7.05. The average molecular weight is 595 g/mol. The van der Waals surface area contributed by atoms with Crippen LogP contribution in [0.1, 0.15) is 15.9 Å². The molecule has 0 amide bonds. The van der Waals surface area contributed by atoms with E-state index in [0.29, 0.717) is 44.9 Å². The van der Waals surface area contributed by atoms with Gasteiger partial charge >= 0.3 is 5.97 Å². The lowest BCUT2D eigenvalue weighted by Gasteiger charge is -2.07. The number of hydrogen-bond donors (Lipinski definition) is 3. The number of azo groups is 3. The monoisotopic (exact) mass is 594 g/mol. The smallest absolute Gasteiger partial charge is 0.335 e. The summed E-state index contributed by atoms with van der Waals surface area (Å²) in [6.07, 6.45) is 0. The van der Waals surface area contributed by atoms with Crippen LogP contribution in [0.3, 0.4) is 0 Å². The largest absolute Gasteiger partial charge is 0.508 e. The van der Waals surface area contributed by atoms with Gasteiger partial charge in [-0.15, -0.1) is 10.2 Å². The highest BCUT2D eigenvalue weighted by molar-refractivity contribution is 7.85. The summed E-state index contributed by atoms with van der Waals surface area (Å²) in [5.41, 5.74) is 3.73. The summed E-state index contributed by atoms with van der Waals surface area (Å²) in [5, 5.41) is 44.8. The molecule has 0 aliphatic heterocycles. The minimum Gasteiger partial charge on any atom is -0.508 e. The second-order valence-electron chi connectivity index (χ2n) is 9.23. The van der Waals surface area contributed by atoms with Gasteiger partial charge in [-0.05, 0) is 103 Å². The van der Waals surface area contributed by atoms with Gasteiger partial charge in [0, 0.05) is 10.8 Å². The van der Waals surface area contributed by atoms with Gasteiger partial charge in [-0.3, -0.25) is 4.55 Å². The maximum absolute atomic E-state index is 11.8. The molecule has 0 radical (unpaired) electrons. The zero-order valence-corrected chi connectivity index (χ0v) is 23.2. The van der Waals surface area contributed by atoms with Gasteiger partial charge in [-0.25, -0.2) is 4.79 Å². The van der Waals surface area contributed by atoms with Crippen molar-refractivity contribution >= 4 is 61.0 Å². The van der Waals surface area contributed by atoms with E-state index in [4.69, 9.17) is 5.11 Å². The first-order chi connectivity index (χ1) is 20.6. The summed E-state index contributed by atoms with van der Waals surface area (Å²) in [6.45, 7) is 1.82. The molecule has 3 N–H and O–H groups in total. The van der Waals surface area contributed by atoms with Crippen molar-refractivity contribution in [3.63, 3.8) is 0 Å². The molecule has 0 spiro atoms. The molecule has 214 valence electrons. The van der Waals surface area contributed by atoms with Gasteiger partial charge in [-0.2, -0.15) is 28.9 Å². The lowest BCUT2D eigenvalue weighted by Crippen LogP contribution is -1.97. The Labute approximate surface area is 245 Å². The van der Waals surface area contributed by atoms with Gasteiger partial charge in [0.05, 0.1) is 44.6 Å². The van der Waals surface area contributed by atoms with Crippen LogP contribution >= 0.6 is 0 Å². The van der Waals surface area contributed by atoms with Crippen LogP contribution in [0.25, 0.3) is 10.8 Å². The minimum absolute atomic E-state index is 0.0934. The van der Waals surface area contributed by atoms with Crippen molar-refractivity contribution in [3.8, 4) is 5.75 Å². The number of phenolic OH excluding ortho intramolecular Hbond substituents is 1. The van der Waals surface area contributed by atoms with Crippen LogP contribution in [-0.4, -0.2) is 29.2 Å². The number of carboxylic acids is 1. The highest BCUT2D eigenvalue weighted by atomic mass is 32.2. The lowest BCUT2D eigenvalue weighted by molar-refractivity contribution is 0.0697. The van der Waals surface area contributed by atoms with Crippen LogP contribution in [0.5, 0.6) is 5.75 Å². The summed E-state index contributed by atoms with van der Waals surface area (Å²) < 4.78 is 33.3. The van der Waals surface area contributed by atoms with Crippen LogP contribution in [0.4, 0.5) is 34.1 Å². The fraction of sp³-hybridized carbons (Fsp3) is 0.0333. The Kier molecular flexibility index (Phi) is 8.09. The van der Waals surface area contributed by atoms with Crippen LogP contribution in [0.15, 0.2) is 133 Å². The first kappa shape index (κ1) is 28.9. The molecule has 12 nitrogen and oxygen atoms in total. The van der Waals surface area contributed by atoms with Crippen molar-refractivity contribution in [1.82, 2.24) is 0 Å². The number of aromatic hydroxyl groups is 1. The van der Waals surface area contributed by atoms with Crippen LogP contribution in [-0.2, 0) is 10.1 Å². The van der Waals surface area contributed by atoms with E-state index in [9.17, 15) is 22.9 Å². The Morgan fingerprint density at radius 2 is 1.12 bits per heavy atom. The van der Waals surface area contributed by atoms with Crippen molar-refractivity contribution < 1.29 is 28.0 Å². The normalized spacial score (nSPS) is 12.1. The zero-order chi connectivity index (χ0) is 30.6. The van der Waals surface area contributed by atoms with Crippen LogP contribution < -0.4 is 0 Å². The molecule has 0 aliphatic rings. The molecule has 0 bridgehead atoms. The van der Waals surface area contributed by atoms with E-state index in [0.717, 1.165) is 5.56 Å². The van der Waals surface area contributed by atoms with Gasteiger partial charge in [0.15, 0.2) is 0 Å². The Hall–Kier alpha value is -5.66. The van der Waals surface area contributed by atoms with Gasteiger partial charge in [0.25, 0.3) is 10.1 Å². The van der Waals surface area contributed by atoms with Gasteiger partial charge in [-0.1, -0.05) is 6.07 Å². The molecule has 5 aromatic carbocycles. The summed E-state index contributed by atoms with van der Waals surface area (Å²) in [4.78, 5) is 10.7. The summed E-state index contributed by atoms with van der Waals surface area (Å²) >= 11 is 0. The molecule has 5 aromatic rings. The fourth-order valence-electron chi connectivity index (χ4n) is 3.97. The number of rotatable bonds is 8. The van der Waals surface area contributed by atoms with Crippen molar-refractivity contribution in [2.75, 3.05) is 0 Å². The second kappa shape index (κ2) is 12.1. The molecule has 43 heavy (non-hydrogen) atoms. The van der Waals surface area contributed by atoms with E-state index >= 15 is 0 Å². The average Bonchev–Trinajstić information content (AvgIpc) is 2.99. The first-order valence-electron chi connectivity index (χ1n) is 12.6. The Morgan fingerprint density at radius 1 is 0.605 bits per heavy atom. The number of nitrogens with zero attached hydrogens (tertiary/aromatic N) is 6. The number of benzene rings is 5. The van der Waals surface area contributed by atoms with Crippen LogP contribution in [0, 0.1) is 6.92 Å². The van der Waals surface area contributed by atoms with Crippen LogP contribution in [0.2, 0.25) is 0 Å². The molecule has 13 heteroatoms. The van der Waals surface area contributed by atoms with Crippen molar-refractivity contribution in [1.29, 1.82) is 0 Å². The minimum atomic E-state index is -4.49. The van der Waals surface area contributed by atoms with Gasteiger partial charge < -0.3 is 10.2 Å². The molecule has 0 saturated carbocycles.